The SMILES string of the molecule is CC(C)(C)N(C(=O)O)[C@H]1CC(N2CCOCC2)=CO[C@@H]1c1cc(F)c(F)cc1F. The highest BCUT2D eigenvalue weighted by Gasteiger charge is 2.43. The summed E-state index contributed by atoms with van der Waals surface area (Å²) in [5, 5.41) is 9.88. The first kappa shape index (κ1) is 21.3. The summed E-state index contributed by atoms with van der Waals surface area (Å²) in [4.78, 5) is 15.3. The van der Waals surface area contributed by atoms with E-state index in [1.807, 2.05) is 4.90 Å². The first-order valence-corrected chi connectivity index (χ1v) is 9.43. The lowest BCUT2D eigenvalue weighted by Gasteiger charge is -2.46. The van der Waals surface area contributed by atoms with Crippen molar-refractivity contribution in [3.8, 4) is 0 Å². The maximum absolute atomic E-state index is 14.5. The summed E-state index contributed by atoms with van der Waals surface area (Å²) < 4.78 is 52.9. The van der Waals surface area contributed by atoms with Gasteiger partial charge < -0.3 is 19.5 Å². The molecule has 0 radical (unpaired) electrons. The standard InChI is InChI=1S/C20H25F3N2O4/c1-20(2,3)25(19(26)27)17-8-12(24-4-6-28-7-5-24)11-29-18(17)13-9-15(22)16(23)10-14(13)21/h9-11,17-18H,4-8H2,1-3H3,(H,26,27)/t17-,18+/m0/s1. The molecule has 1 aromatic carbocycles. The molecule has 0 spiro atoms. The zero-order chi connectivity index (χ0) is 21.3. The highest BCUT2D eigenvalue weighted by atomic mass is 19.2. The monoisotopic (exact) mass is 414 g/mol. The molecule has 160 valence electrons. The van der Waals surface area contributed by atoms with Gasteiger partial charge in [-0.25, -0.2) is 18.0 Å². The van der Waals surface area contributed by atoms with Gasteiger partial charge in [-0.15, -0.1) is 0 Å². The minimum absolute atomic E-state index is 0.221. The third-order valence-corrected chi connectivity index (χ3v) is 5.14. The van der Waals surface area contributed by atoms with Crippen molar-refractivity contribution in [2.24, 2.45) is 0 Å². The van der Waals surface area contributed by atoms with E-state index in [2.05, 4.69) is 0 Å². The molecule has 2 aliphatic rings. The Balaban J connectivity index is 2.03. The van der Waals surface area contributed by atoms with Gasteiger partial charge in [-0.3, -0.25) is 4.90 Å². The number of hydrogen-bond donors (Lipinski definition) is 1. The van der Waals surface area contributed by atoms with Crippen LogP contribution >= 0.6 is 0 Å². The molecule has 2 aliphatic heterocycles. The molecular formula is C20H25F3N2O4. The van der Waals surface area contributed by atoms with E-state index in [9.17, 15) is 23.1 Å². The van der Waals surface area contributed by atoms with E-state index >= 15 is 0 Å². The minimum Gasteiger partial charge on any atom is -0.489 e. The molecule has 9 heteroatoms. The topological polar surface area (TPSA) is 62.2 Å². The van der Waals surface area contributed by atoms with Crippen LogP contribution in [0.1, 0.15) is 38.9 Å². The zero-order valence-electron chi connectivity index (χ0n) is 16.6. The van der Waals surface area contributed by atoms with Gasteiger partial charge in [0, 0.05) is 36.7 Å². The lowest BCUT2D eigenvalue weighted by atomic mass is 9.91. The lowest BCUT2D eigenvalue weighted by molar-refractivity contribution is -0.0250. The number of carbonyl (C=O) groups is 1. The summed E-state index contributed by atoms with van der Waals surface area (Å²) in [7, 11) is 0. The Hall–Kier alpha value is -2.42. The molecule has 29 heavy (non-hydrogen) atoms. The maximum Gasteiger partial charge on any atom is 0.408 e. The predicted molar refractivity (Wildman–Crippen MR) is 98.6 cm³/mol. The second-order valence-corrected chi connectivity index (χ2v) is 8.15. The van der Waals surface area contributed by atoms with E-state index in [4.69, 9.17) is 9.47 Å². The van der Waals surface area contributed by atoms with Crippen molar-refractivity contribution in [3.05, 3.63) is 47.1 Å². The van der Waals surface area contributed by atoms with Gasteiger partial charge in [-0.1, -0.05) is 0 Å². The molecule has 3 rings (SSSR count). The molecule has 0 saturated carbocycles. The molecule has 0 aliphatic carbocycles. The van der Waals surface area contributed by atoms with Crippen molar-refractivity contribution in [2.45, 2.75) is 44.9 Å². The number of hydrogen-bond acceptors (Lipinski definition) is 4. The van der Waals surface area contributed by atoms with Crippen LogP contribution in [-0.4, -0.2) is 58.9 Å². The number of carboxylic acid groups (broad SMARTS) is 1. The normalized spacial score (nSPS) is 22.7. The fourth-order valence-electron chi connectivity index (χ4n) is 3.86. The largest absolute Gasteiger partial charge is 0.489 e. The van der Waals surface area contributed by atoms with E-state index in [0.29, 0.717) is 32.4 Å². The van der Waals surface area contributed by atoms with Crippen LogP contribution in [0, 0.1) is 17.5 Å². The highest BCUT2D eigenvalue weighted by Crippen LogP contribution is 2.39. The van der Waals surface area contributed by atoms with Crippen LogP contribution in [0.4, 0.5) is 18.0 Å². The third-order valence-electron chi connectivity index (χ3n) is 5.14. The Morgan fingerprint density at radius 1 is 1.14 bits per heavy atom. The van der Waals surface area contributed by atoms with Crippen molar-refractivity contribution in [1.29, 1.82) is 0 Å². The van der Waals surface area contributed by atoms with Crippen LogP contribution in [0.3, 0.4) is 0 Å². The molecule has 1 amide bonds. The Morgan fingerprint density at radius 2 is 1.76 bits per heavy atom. The van der Waals surface area contributed by atoms with Gasteiger partial charge in [0.05, 0.1) is 25.0 Å². The number of ether oxygens (including phenoxy) is 2. The maximum atomic E-state index is 14.5. The third kappa shape index (κ3) is 4.44. The smallest absolute Gasteiger partial charge is 0.408 e. The van der Waals surface area contributed by atoms with Crippen LogP contribution in [0.25, 0.3) is 0 Å². The zero-order valence-corrected chi connectivity index (χ0v) is 16.6. The molecule has 1 aromatic rings. The van der Waals surface area contributed by atoms with Gasteiger partial charge in [0.15, 0.2) is 11.6 Å². The Morgan fingerprint density at radius 3 is 2.34 bits per heavy atom. The van der Waals surface area contributed by atoms with Gasteiger partial charge in [0.2, 0.25) is 0 Å². The van der Waals surface area contributed by atoms with E-state index in [1.165, 1.54) is 11.2 Å². The van der Waals surface area contributed by atoms with Crippen molar-refractivity contribution in [1.82, 2.24) is 9.80 Å². The van der Waals surface area contributed by atoms with Crippen LogP contribution in [0.5, 0.6) is 0 Å². The second-order valence-electron chi connectivity index (χ2n) is 8.15. The van der Waals surface area contributed by atoms with Crippen molar-refractivity contribution < 1.29 is 32.5 Å². The van der Waals surface area contributed by atoms with Crippen LogP contribution in [0.15, 0.2) is 24.1 Å². The summed E-state index contributed by atoms with van der Waals surface area (Å²) in [5.41, 5.74) is -0.296. The molecule has 2 atom stereocenters. The molecule has 2 heterocycles. The number of nitrogens with zero attached hydrogens (tertiary/aromatic N) is 2. The van der Waals surface area contributed by atoms with Crippen molar-refractivity contribution in [2.75, 3.05) is 26.3 Å². The summed E-state index contributed by atoms with van der Waals surface area (Å²) in [6.45, 7) is 7.45. The number of benzene rings is 1. The Bertz CT molecular complexity index is 804. The van der Waals surface area contributed by atoms with Gasteiger partial charge in [-0.2, -0.15) is 0 Å². The number of rotatable bonds is 3. The Kier molecular flexibility index (Phi) is 5.97. The molecule has 6 nitrogen and oxygen atoms in total. The second kappa shape index (κ2) is 8.14. The van der Waals surface area contributed by atoms with E-state index in [0.717, 1.165) is 11.8 Å². The predicted octanol–water partition coefficient (Wildman–Crippen LogP) is 3.89. The van der Waals surface area contributed by atoms with Crippen LogP contribution in [-0.2, 0) is 9.47 Å². The van der Waals surface area contributed by atoms with Gasteiger partial charge in [0.25, 0.3) is 0 Å². The van der Waals surface area contributed by atoms with Crippen molar-refractivity contribution >= 4 is 6.09 Å². The van der Waals surface area contributed by atoms with Crippen molar-refractivity contribution in [3.63, 3.8) is 0 Å². The number of morpholine rings is 1. The molecule has 0 bridgehead atoms. The average Bonchev–Trinajstić information content (AvgIpc) is 2.64. The molecule has 0 aromatic heterocycles. The van der Waals surface area contributed by atoms with E-state index < -0.39 is 41.2 Å². The summed E-state index contributed by atoms with van der Waals surface area (Å²) in [6.07, 6.45) is -0.629. The molecule has 1 fully saturated rings. The van der Waals surface area contributed by atoms with Gasteiger partial charge in [0.1, 0.15) is 18.2 Å². The van der Waals surface area contributed by atoms with Gasteiger partial charge in [-0.05, 0) is 26.8 Å². The van der Waals surface area contributed by atoms with E-state index in [1.54, 1.807) is 20.8 Å². The van der Waals surface area contributed by atoms with Crippen LogP contribution < -0.4 is 0 Å². The van der Waals surface area contributed by atoms with Gasteiger partial charge >= 0.3 is 6.09 Å². The quantitative estimate of drug-likeness (QED) is 0.761. The fraction of sp³-hybridized carbons (Fsp3) is 0.550. The van der Waals surface area contributed by atoms with Crippen LogP contribution in [0.2, 0.25) is 0 Å². The molecule has 1 saturated heterocycles. The summed E-state index contributed by atoms with van der Waals surface area (Å²) in [6, 6.07) is 0.349. The first-order chi connectivity index (χ1) is 13.6. The Labute approximate surface area is 167 Å². The average molecular weight is 414 g/mol. The number of amides is 1. The first-order valence-electron chi connectivity index (χ1n) is 9.43. The summed E-state index contributed by atoms with van der Waals surface area (Å²) in [5.74, 6) is -3.51. The summed E-state index contributed by atoms with van der Waals surface area (Å²) >= 11 is 0. The molecule has 0 unspecified atom stereocenters. The number of halogens is 3. The molecular weight excluding hydrogens is 389 g/mol. The highest BCUT2D eigenvalue weighted by molar-refractivity contribution is 5.67. The fourth-order valence-corrected chi connectivity index (χ4v) is 3.86. The molecule has 1 N–H and O–H groups in total. The lowest BCUT2D eigenvalue weighted by Crippen LogP contribution is -2.55. The van der Waals surface area contributed by atoms with E-state index in [-0.39, 0.29) is 12.0 Å². The minimum atomic E-state index is -1.31.